The topological polar surface area (TPSA) is 74.8 Å². The molecule has 1 aliphatic rings. The Kier molecular flexibility index (Phi) is 6.64. The average molecular weight is 403 g/mol. The molecule has 0 bridgehead atoms. The van der Waals surface area contributed by atoms with Gasteiger partial charge in [-0.1, -0.05) is 12.1 Å². The van der Waals surface area contributed by atoms with Gasteiger partial charge in [-0.15, -0.1) is 11.3 Å². The van der Waals surface area contributed by atoms with E-state index >= 15 is 0 Å². The summed E-state index contributed by atoms with van der Waals surface area (Å²) in [7, 11) is 1.36. The van der Waals surface area contributed by atoms with Crippen molar-refractivity contribution in [2.45, 2.75) is 26.4 Å². The summed E-state index contributed by atoms with van der Waals surface area (Å²) >= 11 is 1.67. The molecule has 1 aromatic carbocycles. The van der Waals surface area contributed by atoms with Gasteiger partial charge >= 0.3 is 5.97 Å². The zero-order valence-corrected chi connectivity index (χ0v) is 17.3. The molecule has 1 fully saturated rings. The molecule has 8 heteroatoms. The first-order chi connectivity index (χ1) is 13.5. The number of hydrogen-bond donors (Lipinski definition) is 1. The van der Waals surface area contributed by atoms with Crippen molar-refractivity contribution in [3.63, 3.8) is 0 Å². The van der Waals surface area contributed by atoms with Gasteiger partial charge in [0.2, 0.25) is 5.91 Å². The number of amides is 1. The summed E-state index contributed by atoms with van der Waals surface area (Å²) in [5.74, 6) is -0.355. The average Bonchev–Trinajstić information content (AvgIpc) is 3.17. The van der Waals surface area contributed by atoms with E-state index in [9.17, 15) is 9.59 Å². The third kappa shape index (κ3) is 4.88. The Labute approximate surface area is 169 Å². The number of rotatable bonds is 6. The van der Waals surface area contributed by atoms with Crippen LogP contribution in [0.1, 0.15) is 28.5 Å². The van der Waals surface area contributed by atoms with Crippen LogP contribution in [-0.2, 0) is 16.1 Å². The molecule has 1 aromatic heterocycles. The second kappa shape index (κ2) is 9.16. The molecule has 3 rings (SSSR count). The van der Waals surface area contributed by atoms with Crippen LogP contribution in [-0.4, -0.2) is 61.1 Å². The van der Waals surface area contributed by atoms with Crippen LogP contribution in [0.2, 0.25) is 0 Å². The quantitative estimate of drug-likeness (QED) is 0.746. The van der Waals surface area contributed by atoms with Crippen molar-refractivity contribution < 1.29 is 14.3 Å². The maximum absolute atomic E-state index is 12.5. The highest BCUT2D eigenvalue weighted by atomic mass is 32.1. The number of methoxy groups -OCH3 is 1. The maximum Gasteiger partial charge on any atom is 0.337 e. The second-order valence-electron chi connectivity index (χ2n) is 6.88. The van der Waals surface area contributed by atoms with E-state index in [2.05, 4.69) is 30.2 Å². The smallest absolute Gasteiger partial charge is 0.337 e. The summed E-state index contributed by atoms with van der Waals surface area (Å²) in [5.41, 5.74) is 2.49. The molecular weight excluding hydrogens is 376 g/mol. The fourth-order valence-electron chi connectivity index (χ4n) is 3.17. The van der Waals surface area contributed by atoms with Gasteiger partial charge < -0.3 is 15.0 Å². The number of nitrogens with one attached hydrogen (secondary N) is 1. The van der Waals surface area contributed by atoms with Gasteiger partial charge in [-0.05, 0) is 31.5 Å². The molecule has 2 aromatic rings. The van der Waals surface area contributed by atoms with Gasteiger partial charge in [0, 0.05) is 38.1 Å². The van der Waals surface area contributed by atoms with Crippen LogP contribution in [0.25, 0.3) is 0 Å². The predicted molar refractivity (Wildman–Crippen MR) is 110 cm³/mol. The first-order valence-electron chi connectivity index (χ1n) is 9.34. The van der Waals surface area contributed by atoms with Gasteiger partial charge in [-0.2, -0.15) is 0 Å². The molecule has 2 heterocycles. The highest BCUT2D eigenvalue weighted by Gasteiger charge is 2.26. The number of benzene rings is 1. The lowest BCUT2D eigenvalue weighted by Gasteiger charge is -2.37. The molecule has 0 radical (unpaired) electrons. The minimum absolute atomic E-state index is 0.00980. The van der Waals surface area contributed by atoms with Crippen LogP contribution in [0.3, 0.4) is 0 Å². The highest BCUT2D eigenvalue weighted by Crippen LogP contribution is 2.21. The molecule has 150 valence electrons. The zero-order valence-electron chi connectivity index (χ0n) is 16.5. The van der Waals surface area contributed by atoms with Crippen LogP contribution >= 0.6 is 11.3 Å². The van der Waals surface area contributed by atoms with E-state index in [0.717, 1.165) is 42.6 Å². The normalized spacial score (nSPS) is 15.9. The highest BCUT2D eigenvalue weighted by molar-refractivity contribution is 7.13. The van der Waals surface area contributed by atoms with E-state index in [1.54, 1.807) is 23.5 Å². The lowest BCUT2D eigenvalue weighted by Crippen LogP contribution is -2.53. The van der Waals surface area contributed by atoms with Crippen LogP contribution in [0.5, 0.6) is 0 Å². The van der Waals surface area contributed by atoms with Gasteiger partial charge in [0.25, 0.3) is 0 Å². The number of thiazole rings is 1. The Hall–Kier alpha value is -2.45. The summed E-state index contributed by atoms with van der Waals surface area (Å²) in [5, 5.41) is 6.11. The molecular formula is C20H26N4O3S. The monoisotopic (exact) mass is 402 g/mol. The van der Waals surface area contributed by atoms with Crippen LogP contribution in [0.4, 0.5) is 5.13 Å². The lowest BCUT2D eigenvalue weighted by molar-refractivity contribution is -0.126. The summed E-state index contributed by atoms with van der Waals surface area (Å²) in [4.78, 5) is 33.0. The van der Waals surface area contributed by atoms with Crippen molar-refractivity contribution in [2.24, 2.45) is 0 Å². The van der Waals surface area contributed by atoms with Crippen molar-refractivity contribution in [3.8, 4) is 0 Å². The Balaban J connectivity index is 1.46. The molecule has 0 saturated carbocycles. The molecule has 0 aliphatic carbocycles. The van der Waals surface area contributed by atoms with Gasteiger partial charge in [0.05, 0.1) is 24.4 Å². The summed E-state index contributed by atoms with van der Waals surface area (Å²) in [6.45, 7) is 7.80. The van der Waals surface area contributed by atoms with E-state index in [1.165, 1.54) is 7.11 Å². The molecule has 1 unspecified atom stereocenters. The van der Waals surface area contributed by atoms with E-state index in [1.807, 2.05) is 26.0 Å². The fraction of sp³-hybridized carbons (Fsp3) is 0.450. The van der Waals surface area contributed by atoms with Crippen LogP contribution < -0.4 is 10.2 Å². The minimum Gasteiger partial charge on any atom is -0.465 e. The molecule has 7 nitrogen and oxygen atoms in total. The number of hydrogen-bond acceptors (Lipinski definition) is 7. The third-order valence-electron chi connectivity index (χ3n) is 4.96. The Morgan fingerprint density at radius 1 is 1.21 bits per heavy atom. The molecule has 1 aliphatic heterocycles. The SMILES string of the molecule is COC(=O)c1ccc(CNC(=O)C(C)N2CCN(c3nc(C)cs3)CC2)cc1. The first-order valence-corrected chi connectivity index (χ1v) is 10.2. The second-order valence-corrected chi connectivity index (χ2v) is 7.71. The molecule has 1 atom stereocenters. The van der Waals surface area contributed by atoms with Gasteiger partial charge in [-0.25, -0.2) is 9.78 Å². The molecule has 1 saturated heterocycles. The number of piperazine rings is 1. The Morgan fingerprint density at radius 2 is 1.89 bits per heavy atom. The number of carbonyl (C=O) groups is 2. The van der Waals surface area contributed by atoms with Gasteiger partial charge in [0.1, 0.15) is 0 Å². The summed E-state index contributed by atoms with van der Waals surface area (Å²) in [6, 6.07) is 6.87. The van der Waals surface area contributed by atoms with Crippen molar-refractivity contribution >= 4 is 28.3 Å². The number of carbonyl (C=O) groups excluding carboxylic acids is 2. The number of aryl methyl sites for hydroxylation is 1. The first kappa shape index (κ1) is 20.3. The summed E-state index contributed by atoms with van der Waals surface area (Å²) in [6.07, 6.45) is 0. The number of nitrogens with zero attached hydrogens (tertiary/aromatic N) is 3. The van der Waals surface area contributed by atoms with Gasteiger partial charge in [0.15, 0.2) is 5.13 Å². The third-order valence-corrected chi connectivity index (χ3v) is 5.98. The summed E-state index contributed by atoms with van der Waals surface area (Å²) < 4.78 is 4.69. The lowest BCUT2D eigenvalue weighted by atomic mass is 10.1. The number of anilines is 1. The number of ether oxygens (including phenoxy) is 1. The minimum atomic E-state index is -0.365. The van der Waals surface area contributed by atoms with E-state index in [0.29, 0.717) is 12.1 Å². The molecule has 1 amide bonds. The van der Waals surface area contributed by atoms with Crippen molar-refractivity contribution in [2.75, 3.05) is 38.2 Å². The van der Waals surface area contributed by atoms with Gasteiger partial charge in [-0.3, -0.25) is 9.69 Å². The Morgan fingerprint density at radius 3 is 2.46 bits per heavy atom. The zero-order chi connectivity index (χ0) is 20.1. The molecule has 28 heavy (non-hydrogen) atoms. The molecule has 0 spiro atoms. The standard InChI is InChI=1S/C20H26N4O3S/c1-14-13-28-20(22-14)24-10-8-23(9-11-24)15(2)18(25)21-12-16-4-6-17(7-5-16)19(26)27-3/h4-7,13,15H,8-12H2,1-3H3,(H,21,25). The largest absolute Gasteiger partial charge is 0.465 e. The van der Waals surface area contributed by atoms with E-state index in [-0.39, 0.29) is 17.9 Å². The molecule has 1 N–H and O–H groups in total. The maximum atomic E-state index is 12.5. The van der Waals surface area contributed by atoms with Crippen LogP contribution in [0, 0.1) is 6.92 Å². The number of esters is 1. The van der Waals surface area contributed by atoms with E-state index in [4.69, 9.17) is 0 Å². The number of aromatic nitrogens is 1. The predicted octanol–water partition coefficient (Wildman–Crippen LogP) is 2.07. The van der Waals surface area contributed by atoms with Crippen molar-refractivity contribution in [3.05, 3.63) is 46.5 Å². The van der Waals surface area contributed by atoms with E-state index < -0.39 is 0 Å². The Bertz CT molecular complexity index is 813. The van der Waals surface area contributed by atoms with Crippen molar-refractivity contribution in [1.29, 1.82) is 0 Å². The fourth-order valence-corrected chi connectivity index (χ4v) is 4.02. The van der Waals surface area contributed by atoms with Crippen molar-refractivity contribution in [1.82, 2.24) is 15.2 Å². The van der Waals surface area contributed by atoms with Crippen LogP contribution in [0.15, 0.2) is 29.6 Å².